The van der Waals surface area contributed by atoms with Gasteiger partial charge >= 0.3 is 5.97 Å². The van der Waals surface area contributed by atoms with E-state index >= 15 is 0 Å². The largest absolute Gasteiger partial charge is 0.481 e. The highest BCUT2D eigenvalue weighted by molar-refractivity contribution is 5.72. The van der Waals surface area contributed by atoms with Crippen LogP contribution in [0.5, 0.6) is 0 Å². The monoisotopic (exact) mass is 206 g/mol. The fourth-order valence-electron chi connectivity index (χ4n) is 2.61. The van der Waals surface area contributed by atoms with Crippen LogP contribution in [0, 0.1) is 5.92 Å². The van der Waals surface area contributed by atoms with E-state index in [1.807, 2.05) is 4.68 Å². The van der Waals surface area contributed by atoms with E-state index in [2.05, 4.69) is 11.2 Å². The topological polar surface area (TPSA) is 55.1 Å². The van der Waals surface area contributed by atoms with Crippen LogP contribution in [0.1, 0.15) is 36.6 Å². The summed E-state index contributed by atoms with van der Waals surface area (Å²) in [4.78, 5) is 10.9. The molecule has 80 valence electrons. The molecule has 0 amide bonds. The maximum Gasteiger partial charge on any atom is 0.307 e. The zero-order chi connectivity index (χ0) is 10.4. The first-order valence-electron chi connectivity index (χ1n) is 5.55. The summed E-state index contributed by atoms with van der Waals surface area (Å²) in [6.45, 7) is 1.000. The van der Waals surface area contributed by atoms with Gasteiger partial charge in [0.25, 0.3) is 0 Å². The summed E-state index contributed by atoms with van der Waals surface area (Å²) in [5, 5.41) is 13.5. The minimum Gasteiger partial charge on any atom is -0.481 e. The highest BCUT2D eigenvalue weighted by Gasteiger charge is 2.39. The average molecular weight is 206 g/mol. The Bertz CT molecular complexity index is 389. The van der Waals surface area contributed by atoms with E-state index in [9.17, 15) is 4.79 Å². The fraction of sp³-hybridized carbons (Fsp3) is 0.636. The van der Waals surface area contributed by atoms with E-state index in [0.29, 0.717) is 0 Å². The second-order valence-corrected chi connectivity index (χ2v) is 4.52. The van der Waals surface area contributed by atoms with Crippen molar-refractivity contribution in [2.24, 2.45) is 5.92 Å². The number of carboxylic acids is 1. The maximum absolute atomic E-state index is 10.9. The molecule has 0 radical (unpaired) electrons. The Labute approximate surface area is 87.9 Å². The normalized spacial score (nSPS) is 28.5. The summed E-state index contributed by atoms with van der Waals surface area (Å²) in [6, 6.07) is 2.10. The van der Waals surface area contributed by atoms with Crippen LogP contribution in [0.25, 0.3) is 0 Å². The predicted molar refractivity (Wildman–Crippen MR) is 53.6 cm³/mol. The highest BCUT2D eigenvalue weighted by Crippen LogP contribution is 2.42. The number of aryl methyl sites for hydroxylation is 2. The van der Waals surface area contributed by atoms with Gasteiger partial charge in [-0.2, -0.15) is 5.10 Å². The quantitative estimate of drug-likeness (QED) is 0.795. The van der Waals surface area contributed by atoms with Gasteiger partial charge in [0.15, 0.2) is 0 Å². The van der Waals surface area contributed by atoms with Crippen molar-refractivity contribution in [1.82, 2.24) is 9.78 Å². The Morgan fingerprint density at radius 1 is 1.53 bits per heavy atom. The molecule has 1 saturated carbocycles. The maximum atomic E-state index is 10.9. The van der Waals surface area contributed by atoms with Crippen molar-refractivity contribution < 1.29 is 9.90 Å². The molecule has 15 heavy (non-hydrogen) atoms. The number of hydrogen-bond donors (Lipinski definition) is 1. The van der Waals surface area contributed by atoms with Crippen LogP contribution in [0.3, 0.4) is 0 Å². The Morgan fingerprint density at radius 2 is 2.40 bits per heavy atom. The summed E-state index contributed by atoms with van der Waals surface area (Å²) in [5.41, 5.74) is 2.28. The van der Waals surface area contributed by atoms with Crippen LogP contribution in [0.15, 0.2) is 6.07 Å². The minimum atomic E-state index is -0.667. The van der Waals surface area contributed by atoms with Gasteiger partial charge in [0, 0.05) is 18.2 Å². The zero-order valence-corrected chi connectivity index (χ0v) is 8.52. The molecule has 1 aliphatic carbocycles. The van der Waals surface area contributed by atoms with E-state index in [0.717, 1.165) is 31.5 Å². The van der Waals surface area contributed by atoms with Crippen molar-refractivity contribution in [2.45, 2.75) is 38.1 Å². The van der Waals surface area contributed by atoms with Crippen LogP contribution < -0.4 is 0 Å². The second kappa shape index (κ2) is 3.08. The lowest BCUT2D eigenvalue weighted by Gasteiger charge is -2.31. The van der Waals surface area contributed by atoms with Gasteiger partial charge in [-0.3, -0.25) is 9.48 Å². The molecule has 0 bridgehead atoms. The lowest BCUT2D eigenvalue weighted by atomic mass is 9.72. The van der Waals surface area contributed by atoms with E-state index < -0.39 is 5.97 Å². The molecule has 4 heteroatoms. The van der Waals surface area contributed by atoms with E-state index in [1.54, 1.807) is 0 Å². The van der Waals surface area contributed by atoms with Crippen molar-refractivity contribution in [2.75, 3.05) is 0 Å². The number of carbonyl (C=O) groups is 1. The van der Waals surface area contributed by atoms with Gasteiger partial charge in [0.05, 0.1) is 11.6 Å². The molecule has 2 atom stereocenters. The Balaban J connectivity index is 1.84. The standard InChI is InChI=1S/C11H14N2O2/c14-11(15)9-4-3-8(9)10-6-7-2-1-5-13(7)12-10/h6,8-9H,1-5H2,(H,14,15). The van der Waals surface area contributed by atoms with Crippen molar-refractivity contribution in [3.63, 3.8) is 0 Å². The third kappa shape index (κ3) is 1.28. The second-order valence-electron chi connectivity index (χ2n) is 4.52. The lowest BCUT2D eigenvalue weighted by molar-refractivity contribution is -0.145. The number of nitrogens with zero attached hydrogens (tertiary/aromatic N) is 2. The van der Waals surface area contributed by atoms with Gasteiger partial charge in [-0.05, 0) is 31.7 Å². The van der Waals surface area contributed by atoms with Gasteiger partial charge in [-0.1, -0.05) is 0 Å². The number of carboxylic acid groups (broad SMARTS) is 1. The Hall–Kier alpha value is -1.32. The predicted octanol–water partition coefficient (Wildman–Crippen LogP) is 1.41. The molecule has 0 aromatic carbocycles. The van der Waals surface area contributed by atoms with Crippen molar-refractivity contribution >= 4 is 5.97 Å². The summed E-state index contributed by atoms with van der Waals surface area (Å²) in [7, 11) is 0. The molecule has 2 heterocycles. The van der Waals surface area contributed by atoms with Crippen LogP contribution in [-0.2, 0) is 17.8 Å². The first-order valence-corrected chi connectivity index (χ1v) is 5.55. The third-order valence-electron chi connectivity index (χ3n) is 3.66. The van der Waals surface area contributed by atoms with Gasteiger partial charge in [-0.15, -0.1) is 0 Å². The first-order chi connectivity index (χ1) is 7.25. The highest BCUT2D eigenvalue weighted by atomic mass is 16.4. The summed E-state index contributed by atoms with van der Waals surface area (Å²) in [6.07, 6.45) is 4.06. The fourth-order valence-corrected chi connectivity index (χ4v) is 2.61. The van der Waals surface area contributed by atoms with Crippen LogP contribution >= 0.6 is 0 Å². The molecule has 2 unspecified atom stereocenters. The minimum absolute atomic E-state index is 0.167. The lowest BCUT2D eigenvalue weighted by Crippen LogP contribution is -2.31. The molecule has 2 aliphatic rings. The number of aromatic nitrogens is 2. The molecule has 0 spiro atoms. The molecular formula is C11H14N2O2. The zero-order valence-electron chi connectivity index (χ0n) is 8.52. The smallest absolute Gasteiger partial charge is 0.307 e. The first kappa shape index (κ1) is 8.95. The van der Waals surface area contributed by atoms with Crippen LogP contribution in [0.2, 0.25) is 0 Å². The molecule has 3 rings (SSSR count). The number of hydrogen-bond acceptors (Lipinski definition) is 2. The van der Waals surface area contributed by atoms with Crippen molar-refractivity contribution in [3.05, 3.63) is 17.5 Å². The third-order valence-corrected chi connectivity index (χ3v) is 3.66. The summed E-state index contributed by atoms with van der Waals surface area (Å²) in [5.74, 6) is -0.694. The molecular weight excluding hydrogens is 192 g/mol. The molecule has 0 saturated heterocycles. The number of aliphatic carboxylic acids is 1. The average Bonchev–Trinajstić information content (AvgIpc) is 2.59. The van der Waals surface area contributed by atoms with E-state index in [-0.39, 0.29) is 11.8 Å². The molecule has 1 aromatic heterocycles. The number of fused-ring (bicyclic) bond motifs is 1. The Morgan fingerprint density at radius 3 is 3.00 bits per heavy atom. The van der Waals surface area contributed by atoms with Gasteiger partial charge in [-0.25, -0.2) is 0 Å². The van der Waals surface area contributed by atoms with Gasteiger partial charge < -0.3 is 5.11 Å². The SMILES string of the molecule is O=C(O)C1CCC1c1cc2n(n1)CCC2. The van der Waals surface area contributed by atoms with Gasteiger partial charge in [0.1, 0.15) is 0 Å². The molecule has 4 nitrogen and oxygen atoms in total. The summed E-state index contributed by atoms with van der Waals surface area (Å²) < 4.78 is 2.03. The summed E-state index contributed by atoms with van der Waals surface area (Å²) >= 11 is 0. The van der Waals surface area contributed by atoms with Crippen molar-refractivity contribution in [1.29, 1.82) is 0 Å². The molecule has 1 aromatic rings. The number of rotatable bonds is 2. The van der Waals surface area contributed by atoms with E-state index in [1.165, 1.54) is 12.1 Å². The molecule has 1 aliphatic heterocycles. The van der Waals surface area contributed by atoms with Gasteiger partial charge in [0.2, 0.25) is 0 Å². The van der Waals surface area contributed by atoms with Crippen LogP contribution in [-0.4, -0.2) is 20.9 Å². The molecule has 1 N–H and O–H groups in total. The Kier molecular flexibility index (Phi) is 1.84. The van der Waals surface area contributed by atoms with E-state index in [4.69, 9.17) is 5.11 Å². The molecule has 1 fully saturated rings. The van der Waals surface area contributed by atoms with Crippen LogP contribution in [0.4, 0.5) is 0 Å². The van der Waals surface area contributed by atoms with Crippen molar-refractivity contribution in [3.8, 4) is 0 Å².